The number of thioether (sulfide) groups is 1. The first kappa shape index (κ1) is 13.9. The van der Waals surface area contributed by atoms with Crippen molar-refractivity contribution in [1.29, 1.82) is 0 Å². The van der Waals surface area contributed by atoms with Gasteiger partial charge in [0.2, 0.25) is 5.91 Å². The summed E-state index contributed by atoms with van der Waals surface area (Å²) >= 11 is 1.31. The Morgan fingerprint density at radius 3 is 2.59 bits per heavy atom. The minimum Gasteiger partial charge on any atom is -0.385 e. The highest BCUT2D eigenvalue weighted by Gasteiger charge is 2.17. The molecule has 6 heteroatoms. The van der Waals surface area contributed by atoms with E-state index in [0.717, 1.165) is 4.90 Å². The van der Waals surface area contributed by atoms with Gasteiger partial charge in [0.05, 0.1) is 5.75 Å². The normalized spacial score (nSPS) is 12.5. The number of amides is 1. The Labute approximate surface area is 102 Å². The number of benzene rings is 1. The van der Waals surface area contributed by atoms with Crippen LogP contribution in [0.3, 0.4) is 0 Å². The third-order valence-electron chi connectivity index (χ3n) is 1.91. The number of halogens is 2. The number of rotatable bonds is 6. The van der Waals surface area contributed by atoms with Crippen LogP contribution in [0.15, 0.2) is 35.2 Å². The van der Waals surface area contributed by atoms with Gasteiger partial charge in [0.15, 0.2) is 0 Å². The summed E-state index contributed by atoms with van der Waals surface area (Å²) in [6.07, 6.45) is -4.64. The van der Waals surface area contributed by atoms with Crippen molar-refractivity contribution < 1.29 is 18.7 Å². The smallest absolute Gasteiger partial charge is 0.265 e. The second-order valence-electron chi connectivity index (χ2n) is 3.31. The molecule has 0 heterocycles. The van der Waals surface area contributed by atoms with Gasteiger partial charge in [-0.3, -0.25) is 4.79 Å². The van der Waals surface area contributed by atoms with Crippen LogP contribution in [0.1, 0.15) is 0 Å². The zero-order chi connectivity index (χ0) is 12.7. The molecule has 0 aliphatic heterocycles. The number of aliphatic hydroxyl groups is 1. The lowest BCUT2D eigenvalue weighted by molar-refractivity contribution is -0.119. The maximum Gasteiger partial charge on any atom is 0.265 e. The third-order valence-corrected chi connectivity index (χ3v) is 2.92. The number of carbonyl (C=O) groups excluding carboxylic acids is 1. The van der Waals surface area contributed by atoms with Gasteiger partial charge in [0, 0.05) is 11.4 Å². The van der Waals surface area contributed by atoms with E-state index in [1.165, 1.54) is 11.8 Å². The molecule has 0 radical (unpaired) electrons. The molecule has 0 saturated carbocycles. The van der Waals surface area contributed by atoms with Crippen molar-refractivity contribution in [1.82, 2.24) is 5.32 Å². The molecule has 0 aromatic heterocycles. The molecule has 0 aliphatic rings. The molecule has 1 atom stereocenters. The monoisotopic (exact) mass is 261 g/mol. The molecule has 3 nitrogen and oxygen atoms in total. The van der Waals surface area contributed by atoms with Crippen LogP contribution in [-0.4, -0.2) is 35.8 Å². The zero-order valence-electron chi connectivity index (χ0n) is 8.98. The van der Waals surface area contributed by atoms with Gasteiger partial charge in [-0.1, -0.05) is 18.2 Å². The van der Waals surface area contributed by atoms with E-state index in [9.17, 15) is 13.6 Å². The number of hydrogen-bond acceptors (Lipinski definition) is 3. The van der Waals surface area contributed by atoms with Crippen molar-refractivity contribution in [2.75, 3.05) is 12.3 Å². The van der Waals surface area contributed by atoms with Gasteiger partial charge in [0.1, 0.15) is 6.10 Å². The standard InChI is InChI=1S/C11H13F2NO2S/c12-11(13)9(15)6-14-10(16)7-17-8-4-2-1-3-5-8/h1-5,9,11,15H,6-7H2,(H,14,16). The fourth-order valence-corrected chi connectivity index (χ4v) is 1.77. The molecular formula is C11H13F2NO2S. The van der Waals surface area contributed by atoms with Gasteiger partial charge in [0.25, 0.3) is 6.43 Å². The van der Waals surface area contributed by atoms with Crippen molar-refractivity contribution in [2.45, 2.75) is 17.4 Å². The Bertz CT molecular complexity index is 349. The maximum atomic E-state index is 11.9. The van der Waals surface area contributed by atoms with Crippen molar-refractivity contribution >= 4 is 17.7 Å². The van der Waals surface area contributed by atoms with E-state index in [0.29, 0.717) is 0 Å². The highest BCUT2D eigenvalue weighted by molar-refractivity contribution is 8.00. The van der Waals surface area contributed by atoms with Gasteiger partial charge in [-0.25, -0.2) is 8.78 Å². The Morgan fingerprint density at radius 2 is 2.00 bits per heavy atom. The highest BCUT2D eigenvalue weighted by atomic mass is 32.2. The number of carbonyl (C=O) groups is 1. The Kier molecular flexibility index (Phi) is 5.93. The van der Waals surface area contributed by atoms with Crippen LogP contribution in [0.2, 0.25) is 0 Å². The van der Waals surface area contributed by atoms with Crippen LogP contribution >= 0.6 is 11.8 Å². The molecule has 0 saturated heterocycles. The van der Waals surface area contributed by atoms with E-state index < -0.39 is 19.1 Å². The number of nitrogens with one attached hydrogen (secondary N) is 1. The molecule has 0 spiro atoms. The van der Waals surface area contributed by atoms with E-state index in [2.05, 4.69) is 5.32 Å². The fourth-order valence-electron chi connectivity index (χ4n) is 1.02. The first-order valence-corrected chi connectivity index (χ1v) is 5.99. The van der Waals surface area contributed by atoms with Gasteiger partial charge >= 0.3 is 0 Å². The summed E-state index contributed by atoms with van der Waals surface area (Å²) in [5.41, 5.74) is 0. The van der Waals surface area contributed by atoms with Gasteiger partial charge in [-0.15, -0.1) is 11.8 Å². The van der Waals surface area contributed by atoms with Gasteiger partial charge in [-0.05, 0) is 12.1 Å². The summed E-state index contributed by atoms with van der Waals surface area (Å²) in [5.74, 6) is -0.237. The summed E-state index contributed by atoms with van der Waals surface area (Å²) in [5, 5.41) is 11.0. The lowest BCUT2D eigenvalue weighted by atomic mass is 10.4. The summed E-state index contributed by atoms with van der Waals surface area (Å²) < 4.78 is 23.8. The number of hydrogen-bond donors (Lipinski definition) is 2. The van der Waals surface area contributed by atoms with E-state index in [1.807, 2.05) is 30.3 Å². The van der Waals surface area contributed by atoms with Crippen molar-refractivity contribution in [3.05, 3.63) is 30.3 Å². The molecule has 0 fully saturated rings. The summed E-state index contributed by atoms with van der Waals surface area (Å²) in [4.78, 5) is 12.2. The molecule has 2 N–H and O–H groups in total. The lowest BCUT2D eigenvalue weighted by Crippen LogP contribution is -2.36. The average molecular weight is 261 g/mol. The van der Waals surface area contributed by atoms with Gasteiger partial charge < -0.3 is 10.4 Å². The molecule has 0 bridgehead atoms. The molecule has 0 aliphatic carbocycles. The minimum atomic E-state index is -2.84. The average Bonchev–Trinajstić information content (AvgIpc) is 2.34. The highest BCUT2D eigenvalue weighted by Crippen LogP contribution is 2.16. The number of aliphatic hydroxyl groups excluding tert-OH is 1. The molecule has 1 unspecified atom stereocenters. The predicted molar refractivity (Wildman–Crippen MR) is 62.2 cm³/mol. The van der Waals surface area contributed by atoms with Crippen LogP contribution in [0.4, 0.5) is 8.78 Å². The van der Waals surface area contributed by atoms with E-state index in [-0.39, 0.29) is 11.7 Å². The van der Waals surface area contributed by atoms with Crippen molar-refractivity contribution in [3.8, 4) is 0 Å². The topological polar surface area (TPSA) is 49.3 Å². The third kappa shape index (κ3) is 5.65. The van der Waals surface area contributed by atoms with E-state index >= 15 is 0 Å². The van der Waals surface area contributed by atoms with Gasteiger partial charge in [-0.2, -0.15) is 0 Å². The second-order valence-corrected chi connectivity index (χ2v) is 4.36. The largest absolute Gasteiger partial charge is 0.385 e. The fraction of sp³-hybridized carbons (Fsp3) is 0.364. The Morgan fingerprint density at radius 1 is 1.35 bits per heavy atom. The zero-order valence-corrected chi connectivity index (χ0v) is 9.79. The van der Waals surface area contributed by atoms with E-state index in [1.54, 1.807) is 0 Å². The number of alkyl halides is 2. The molecule has 1 amide bonds. The Hall–Kier alpha value is -1.14. The van der Waals surface area contributed by atoms with Crippen molar-refractivity contribution in [3.63, 3.8) is 0 Å². The van der Waals surface area contributed by atoms with Crippen LogP contribution in [0, 0.1) is 0 Å². The minimum absolute atomic E-state index is 0.139. The van der Waals surface area contributed by atoms with Crippen LogP contribution < -0.4 is 5.32 Å². The van der Waals surface area contributed by atoms with Crippen LogP contribution in [0.25, 0.3) is 0 Å². The SMILES string of the molecule is O=C(CSc1ccccc1)NCC(O)C(F)F. The summed E-state index contributed by atoms with van der Waals surface area (Å²) in [6, 6.07) is 9.27. The molecule has 1 aromatic carbocycles. The molecule has 1 rings (SSSR count). The first-order chi connectivity index (χ1) is 8.09. The lowest BCUT2D eigenvalue weighted by Gasteiger charge is -2.10. The molecule has 17 heavy (non-hydrogen) atoms. The summed E-state index contributed by atoms with van der Waals surface area (Å²) in [7, 11) is 0. The molecular weight excluding hydrogens is 248 g/mol. The van der Waals surface area contributed by atoms with Crippen molar-refractivity contribution in [2.24, 2.45) is 0 Å². The molecule has 94 valence electrons. The molecule has 1 aromatic rings. The van der Waals surface area contributed by atoms with Crippen LogP contribution in [-0.2, 0) is 4.79 Å². The first-order valence-electron chi connectivity index (χ1n) is 5.00. The maximum absolute atomic E-state index is 11.9. The Balaban J connectivity index is 2.22. The summed E-state index contributed by atoms with van der Waals surface area (Å²) in [6.45, 7) is -0.425. The predicted octanol–water partition coefficient (Wildman–Crippen LogP) is 1.52. The quantitative estimate of drug-likeness (QED) is 0.763. The van der Waals surface area contributed by atoms with E-state index in [4.69, 9.17) is 5.11 Å². The second kappa shape index (κ2) is 7.24. The van der Waals surface area contributed by atoms with Crippen LogP contribution in [0.5, 0.6) is 0 Å².